The Labute approximate surface area is 111 Å². The standard InChI is InChI=1S/C11H9BrN6/c12-6-1-5(2-7(13)3-6)10-17-8-9(14)15-4-16-11(8)18-10/h1-4H,13H2,(H3,14,15,16,17,18). The lowest BCUT2D eigenvalue weighted by Gasteiger charge is -2.00. The van der Waals surface area contributed by atoms with Crippen molar-refractivity contribution in [2.75, 3.05) is 11.5 Å². The van der Waals surface area contributed by atoms with Gasteiger partial charge in [-0.15, -0.1) is 0 Å². The number of anilines is 2. The zero-order valence-corrected chi connectivity index (χ0v) is 10.8. The molecule has 2 aromatic heterocycles. The predicted octanol–water partition coefficient (Wildman–Crippen LogP) is 1.95. The first-order chi connectivity index (χ1) is 8.63. The number of nitrogen functional groups attached to an aromatic ring is 2. The molecule has 0 aliphatic carbocycles. The smallest absolute Gasteiger partial charge is 0.183 e. The Bertz CT molecular complexity index is 715. The molecule has 7 heteroatoms. The third kappa shape index (κ3) is 1.78. The number of imidazole rings is 1. The number of nitrogens with two attached hydrogens (primary N) is 2. The first-order valence-corrected chi connectivity index (χ1v) is 5.95. The van der Waals surface area contributed by atoms with E-state index < -0.39 is 0 Å². The maximum Gasteiger partial charge on any atom is 0.183 e. The van der Waals surface area contributed by atoms with Crippen molar-refractivity contribution in [3.8, 4) is 11.4 Å². The lowest BCUT2D eigenvalue weighted by Crippen LogP contribution is -1.91. The maximum atomic E-state index is 5.80. The van der Waals surface area contributed by atoms with E-state index in [4.69, 9.17) is 11.5 Å². The molecule has 0 radical (unpaired) electrons. The SMILES string of the molecule is Nc1cc(Br)cc(-c2nc3ncnc(N)c3[nH]2)c1. The van der Waals surface area contributed by atoms with Gasteiger partial charge in [-0.1, -0.05) is 15.9 Å². The van der Waals surface area contributed by atoms with Crippen molar-refractivity contribution in [1.82, 2.24) is 19.9 Å². The van der Waals surface area contributed by atoms with Gasteiger partial charge in [0.2, 0.25) is 0 Å². The van der Waals surface area contributed by atoms with E-state index in [0.29, 0.717) is 28.5 Å². The number of aromatic amines is 1. The van der Waals surface area contributed by atoms with E-state index >= 15 is 0 Å². The number of hydrogen-bond acceptors (Lipinski definition) is 5. The largest absolute Gasteiger partial charge is 0.399 e. The van der Waals surface area contributed by atoms with Crippen LogP contribution in [0.25, 0.3) is 22.6 Å². The van der Waals surface area contributed by atoms with E-state index in [1.165, 1.54) is 6.33 Å². The van der Waals surface area contributed by atoms with Gasteiger partial charge in [0.05, 0.1) is 0 Å². The molecule has 0 fully saturated rings. The van der Waals surface area contributed by atoms with Gasteiger partial charge in [-0.2, -0.15) is 0 Å². The minimum Gasteiger partial charge on any atom is -0.399 e. The summed E-state index contributed by atoms with van der Waals surface area (Å²) in [5.74, 6) is 1.03. The van der Waals surface area contributed by atoms with Crippen LogP contribution >= 0.6 is 15.9 Å². The van der Waals surface area contributed by atoms with Crippen LogP contribution in [0.1, 0.15) is 0 Å². The molecule has 3 rings (SSSR count). The lowest BCUT2D eigenvalue weighted by molar-refractivity contribution is 1.21. The van der Waals surface area contributed by atoms with E-state index in [2.05, 4.69) is 35.9 Å². The van der Waals surface area contributed by atoms with Crippen molar-refractivity contribution in [1.29, 1.82) is 0 Å². The Hall–Kier alpha value is -2.15. The number of rotatable bonds is 1. The number of fused-ring (bicyclic) bond motifs is 1. The van der Waals surface area contributed by atoms with E-state index in [1.54, 1.807) is 0 Å². The van der Waals surface area contributed by atoms with Crippen LogP contribution in [0.15, 0.2) is 29.0 Å². The second-order valence-corrected chi connectivity index (χ2v) is 4.73. The first-order valence-electron chi connectivity index (χ1n) is 5.16. The Kier molecular flexibility index (Phi) is 2.41. The van der Waals surface area contributed by atoms with Crippen molar-refractivity contribution in [2.24, 2.45) is 0 Å². The summed E-state index contributed by atoms with van der Waals surface area (Å²) < 4.78 is 0.886. The molecule has 0 amide bonds. The quantitative estimate of drug-likeness (QED) is 0.596. The second kappa shape index (κ2) is 3.95. The van der Waals surface area contributed by atoms with Crippen LogP contribution in [0.4, 0.5) is 11.5 Å². The summed E-state index contributed by atoms with van der Waals surface area (Å²) >= 11 is 3.39. The molecule has 5 N–H and O–H groups in total. The second-order valence-electron chi connectivity index (χ2n) is 3.82. The highest BCUT2D eigenvalue weighted by Gasteiger charge is 2.09. The Balaban J connectivity index is 2.22. The van der Waals surface area contributed by atoms with Gasteiger partial charge >= 0.3 is 0 Å². The third-order valence-corrected chi connectivity index (χ3v) is 2.97. The van der Waals surface area contributed by atoms with Crippen molar-refractivity contribution < 1.29 is 0 Å². The molecule has 2 heterocycles. The molecule has 18 heavy (non-hydrogen) atoms. The van der Waals surface area contributed by atoms with Gasteiger partial charge < -0.3 is 16.5 Å². The van der Waals surface area contributed by atoms with Gasteiger partial charge in [-0.25, -0.2) is 15.0 Å². The number of nitrogens with one attached hydrogen (secondary N) is 1. The zero-order chi connectivity index (χ0) is 12.7. The number of benzene rings is 1. The molecule has 1 aromatic carbocycles. The summed E-state index contributed by atoms with van der Waals surface area (Å²) in [5, 5.41) is 0. The molecule has 90 valence electrons. The van der Waals surface area contributed by atoms with Crippen LogP contribution < -0.4 is 11.5 Å². The number of aromatic nitrogens is 4. The summed E-state index contributed by atoms with van der Waals surface area (Å²) in [6.07, 6.45) is 1.39. The average molecular weight is 305 g/mol. The van der Waals surface area contributed by atoms with Crippen LogP contribution in [0.5, 0.6) is 0 Å². The van der Waals surface area contributed by atoms with Gasteiger partial charge in [0.1, 0.15) is 17.7 Å². The molecule has 6 nitrogen and oxygen atoms in total. The Morgan fingerprint density at radius 1 is 1.11 bits per heavy atom. The van der Waals surface area contributed by atoms with Crippen LogP contribution in [-0.4, -0.2) is 19.9 Å². The van der Waals surface area contributed by atoms with Crippen molar-refractivity contribution in [3.63, 3.8) is 0 Å². The highest BCUT2D eigenvalue weighted by Crippen LogP contribution is 2.26. The number of nitrogens with zero attached hydrogens (tertiary/aromatic N) is 3. The molecule has 0 saturated carbocycles. The molecule has 0 unspecified atom stereocenters. The normalized spacial score (nSPS) is 10.9. The summed E-state index contributed by atoms with van der Waals surface area (Å²) in [5.41, 5.74) is 14.2. The summed E-state index contributed by atoms with van der Waals surface area (Å²) in [6, 6.07) is 5.56. The first kappa shape index (κ1) is 11.0. The van der Waals surface area contributed by atoms with Crippen molar-refractivity contribution in [2.45, 2.75) is 0 Å². The number of H-pyrrole nitrogens is 1. The molecule has 0 bridgehead atoms. The lowest BCUT2D eigenvalue weighted by atomic mass is 10.2. The predicted molar refractivity (Wildman–Crippen MR) is 73.6 cm³/mol. The summed E-state index contributed by atoms with van der Waals surface area (Å²) in [6.45, 7) is 0. The fraction of sp³-hybridized carbons (Fsp3) is 0. The molecule has 0 atom stereocenters. The number of hydrogen-bond donors (Lipinski definition) is 3. The highest BCUT2D eigenvalue weighted by molar-refractivity contribution is 9.10. The van der Waals surface area contributed by atoms with Crippen LogP contribution in [-0.2, 0) is 0 Å². The summed E-state index contributed by atoms with van der Waals surface area (Å²) in [7, 11) is 0. The third-order valence-electron chi connectivity index (χ3n) is 2.51. The highest BCUT2D eigenvalue weighted by atomic mass is 79.9. The van der Waals surface area contributed by atoms with Crippen LogP contribution in [0, 0.1) is 0 Å². The van der Waals surface area contributed by atoms with Crippen molar-refractivity contribution >= 4 is 38.6 Å². The molecule has 0 aliphatic heterocycles. The topological polar surface area (TPSA) is 106 Å². The monoisotopic (exact) mass is 304 g/mol. The van der Waals surface area contributed by atoms with Gasteiger partial charge in [0.25, 0.3) is 0 Å². The fourth-order valence-electron chi connectivity index (χ4n) is 1.73. The van der Waals surface area contributed by atoms with E-state index in [9.17, 15) is 0 Å². The fourth-order valence-corrected chi connectivity index (χ4v) is 2.24. The molecule has 3 aromatic rings. The van der Waals surface area contributed by atoms with Gasteiger partial charge in [-0.3, -0.25) is 0 Å². The Morgan fingerprint density at radius 2 is 1.94 bits per heavy atom. The zero-order valence-electron chi connectivity index (χ0n) is 9.18. The minimum absolute atomic E-state index is 0.377. The Morgan fingerprint density at radius 3 is 2.67 bits per heavy atom. The van der Waals surface area contributed by atoms with E-state index in [0.717, 1.165) is 10.0 Å². The van der Waals surface area contributed by atoms with Crippen LogP contribution in [0.2, 0.25) is 0 Å². The molecular formula is C11H9BrN6. The van der Waals surface area contributed by atoms with Gasteiger partial charge in [0, 0.05) is 15.7 Å². The number of halogens is 1. The van der Waals surface area contributed by atoms with E-state index in [1.807, 2.05) is 18.2 Å². The molecular weight excluding hydrogens is 296 g/mol. The molecule has 0 aliphatic rings. The van der Waals surface area contributed by atoms with E-state index in [-0.39, 0.29) is 0 Å². The van der Waals surface area contributed by atoms with Gasteiger partial charge in [-0.05, 0) is 18.2 Å². The molecule has 0 spiro atoms. The minimum atomic E-state index is 0.377. The maximum absolute atomic E-state index is 5.80. The summed E-state index contributed by atoms with van der Waals surface area (Å²) in [4.78, 5) is 15.4. The molecule has 0 saturated heterocycles. The van der Waals surface area contributed by atoms with Crippen molar-refractivity contribution in [3.05, 3.63) is 29.0 Å². The average Bonchev–Trinajstić information content (AvgIpc) is 2.73. The van der Waals surface area contributed by atoms with Crippen LogP contribution in [0.3, 0.4) is 0 Å². The van der Waals surface area contributed by atoms with Gasteiger partial charge in [0.15, 0.2) is 11.5 Å².